The molecule has 3 nitrogen and oxygen atoms in total. The van der Waals surface area contributed by atoms with Gasteiger partial charge in [-0.2, -0.15) is 0 Å². The first-order valence-electron chi connectivity index (χ1n) is 5.28. The molecule has 0 unspecified atom stereocenters. The number of hydrogen-bond donors (Lipinski definition) is 0. The predicted octanol–water partition coefficient (Wildman–Crippen LogP) is 1.81. The molecular weight excluding hydrogens is 190 g/mol. The Morgan fingerprint density at radius 2 is 2.20 bits per heavy atom. The molecule has 2 aliphatic rings. The van der Waals surface area contributed by atoms with Gasteiger partial charge in [0.1, 0.15) is 5.75 Å². The third kappa shape index (κ3) is 1.23. The SMILES string of the molecule is COc1cccc2c1C(=O)N(C1CC1)C2. The lowest BCUT2D eigenvalue weighted by Crippen LogP contribution is -2.26. The zero-order valence-electron chi connectivity index (χ0n) is 8.69. The number of methoxy groups -OCH3 is 1. The van der Waals surface area contributed by atoms with E-state index in [-0.39, 0.29) is 5.91 Å². The second-order valence-electron chi connectivity index (χ2n) is 4.16. The summed E-state index contributed by atoms with van der Waals surface area (Å²) in [7, 11) is 1.61. The molecule has 1 heterocycles. The van der Waals surface area contributed by atoms with E-state index in [4.69, 9.17) is 4.74 Å². The van der Waals surface area contributed by atoms with Crippen LogP contribution in [0.15, 0.2) is 18.2 Å². The summed E-state index contributed by atoms with van der Waals surface area (Å²) in [6, 6.07) is 6.29. The molecule has 0 radical (unpaired) electrons. The molecule has 1 aromatic rings. The number of carbonyl (C=O) groups excluding carboxylic acids is 1. The molecule has 0 atom stereocenters. The van der Waals surface area contributed by atoms with E-state index in [2.05, 4.69) is 0 Å². The number of amides is 1. The number of nitrogens with zero attached hydrogens (tertiary/aromatic N) is 1. The van der Waals surface area contributed by atoms with E-state index in [0.717, 1.165) is 30.5 Å². The third-order valence-electron chi connectivity index (χ3n) is 3.14. The predicted molar refractivity (Wildman–Crippen MR) is 55.9 cm³/mol. The van der Waals surface area contributed by atoms with Crippen molar-refractivity contribution >= 4 is 5.91 Å². The second-order valence-corrected chi connectivity index (χ2v) is 4.16. The normalized spacial score (nSPS) is 19.3. The molecule has 3 rings (SSSR count). The fourth-order valence-electron chi connectivity index (χ4n) is 2.20. The van der Waals surface area contributed by atoms with Gasteiger partial charge in [0.15, 0.2) is 0 Å². The number of hydrogen-bond acceptors (Lipinski definition) is 2. The van der Waals surface area contributed by atoms with Crippen molar-refractivity contribution in [1.82, 2.24) is 4.90 Å². The number of ether oxygens (including phenoxy) is 1. The zero-order chi connectivity index (χ0) is 10.4. The standard InChI is InChI=1S/C12H13NO2/c1-15-10-4-2-3-8-7-13(9-5-6-9)12(14)11(8)10/h2-4,9H,5-7H2,1H3. The molecule has 1 aliphatic heterocycles. The van der Waals surface area contributed by atoms with Gasteiger partial charge in [-0.3, -0.25) is 4.79 Å². The molecule has 0 spiro atoms. The average molecular weight is 203 g/mol. The van der Waals surface area contributed by atoms with Gasteiger partial charge in [-0.1, -0.05) is 12.1 Å². The Morgan fingerprint density at radius 3 is 2.87 bits per heavy atom. The first kappa shape index (κ1) is 8.77. The summed E-state index contributed by atoms with van der Waals surface area (Å²) in [6.45, 7) is 0.760. The highest BCUT2D eigenvalue weighted by Crippen LogP contribution is 2.37. The minimum Gasteiger partial charge on any atom is -0.496 e. The van der Waals surface area contributed by atoms with Crippen molar-refractivity contribution in [1.29, 1.82) is 0 Å². The molecule has 0 bridgehead atoms. The molecule has 15 heavy (non-hydrogen) atoms. The van der Waals surface area contributed by atoms with E-state index in [1.54, 1.807) is 7.11 Å². The molecule has 1 saturated carbocycles. The highest BCUT2D eigenvalue weighted by Gasteiger charge is 2.39. The quantitative estimate of drug-likeness (QED) is 0.733. The number of rotatable bonds is 2. The zero-order valence-corrected chi connectivity index (χ0v) is 8.69. The third-order valence-corrected chi connectivity index (χ3v) is 3.14. The van der Waals surface area contributed by atoms with Crippen LogP contribution in [-0.4, -0.2) is 24.0 Å². The van der Waals surface area contributed by atoms with E-state index in [0.29, 0.717) is 11.8 Å². The van der Waals surface area contributed by atoms with Crippen LogP contribution >= 0.6 is 0 Å². The fourth-order valence-corrected chi connectivity index (χ4v) is 2.20. The lowest BCUT2D eigenvalue weighted by atomic mass is 10.1. The van der Waals surface area contributed by atoms with Gasteiger partial charge in [-0.15, -0.1) is 0 Å². The summed E-state index contributed by atoms with van der Waals surface area (Å²) in [5.74, 6) is 0.852. The van der Waals surface area contributed by atoms with Crippen molar-refractivity contribution in [2.45, 2.75) is 25.4 Å². The van der Waals surface area contributed by atoms with E-state index in [9.17, 15) is 4.79 Å². The second kappa shape index (κ2) is 2.99. The molecule has 0 aromatic heterocycles. The summed E-state index contributed by atoms with van der Waals surface area (Å²) >= 11 is 0. The van der Waals surface area contributed by atoms with Crippen molar-refractivity contribution in [3.63, 3.8) is 0 Å². The molecule has 1 amide bonds. The van der Waals surface area contributed by atoms with Crippen LogP contribution in [0.2, 0.25) is 0 Å². The van der Waals surface area contributed by atoms with Crippen LogP contribution in [0.5, 0.6) is 5.75 Å². The lowest BCUT2D eigenvalue weighted by Gasteiger charge is -2.13. The van der Waals surface area contributed by atoms with Crippen molar-refractivity contribution in [3.05, 3.63) is 29.3 Å². The topological polar surface area (TPSA) is 29.5 Å². The summed E-state index contributed by atoms with van der Waals surface area (Å²) in [4.78, 5) is 14.1. The number of fused-ring (bicyclic) bond motifs is 1. The van der Waals surface area contributed by atoms with Gasteiger partial charge in [0.2, 0.25) is 0 Å². The van der Waals surface area contributed by atoms with Crippen LogP contribution < -0.4 is 4.74 Å². The Bertz CT molecular complexity index is 424. The van der Waals surface area contributed by atoms with Gasteiger partial charge >= 0.3 is 0 Å². The van der Waals surface area contributed by atoms with Crippen LogP contribution in [-0.2, 0) is 6.54 Å². The van der Waals surface area contributed by atoms with Gasteiger partial charge in [-0.05, 0) is 24.5 Å². The van der Waals surface area contributed by atoms with Crippen molar-refractivity contribution in [3.8, 4) is 5.75 Å². The molecule has 0 saturated heterocycles. The minimum atomic E-state index is 0.143. The molecule has 1 aromatic carbocycles. The number of carbonyl (C=O) groups is 1. The Balaban J connectivity index is 2.04. The first-order chi connectivity index (χ1) is 7.31. The van der Waals surface area contributed by atoms with Crippen LogP contribution in [0.3, 0.4) is 0 Å². The van der Waals surface area contributed by atoms with E-state index >= 15 is 0 Å². The summed E-state index contributed by atoms with van der Waals surface area (Å²) in [5, 5.41) is 0. The molecule has 78 valence electrons. The van der Waals surface area contributed by atoms with Gasteiger partial charge < -0.3 is 9.64 Å². The maximum Gasteiger partial charge on any atom is 0.258 e. The molecule has 0 N–H and O–H groups in total. The van der Waals surface area contributed by atoms with Gasteiger partial charge in [0.05, 0.1) is 12.7 Å². The monoisotopic (exact) mass is 203 g/mol. The maximum atomic E-state index is 12.1. The first-order valence-corrected chi connectivity index (χ1v) is 5.28. The Kier molecular flexibility index (Phi) is 1.75. The van der Waals surface area contributed by atoms with Crippen LogP contribution in [0.25, 0.3) is 0 Å². The van der Waals surface area contributed by atoms with Gasteiger partial charge in [-0.25, -0.2) is 0 Å². The summed E-state index contributed by atoms with van der Waals surface area (Å²) < 4.78 is 5.23. The highest BCUT2D eigenvalue weighted by molar-refractivity contribution is 6.01. The van der Waals surface area contributed by atoms with Crippen molar-refractivity contribution < 1.29 is 9.53 Å². The highest BCUT2D eigenvalue weighted by atomic mass is 16.5. The summed E-state index contributed by atoms with van der Waals surface area (Å²) in [5.41, 5.74) is 1.87. The smallest absolute Gasteiger partial charge is 0.258 e. The lowest BCUT2D eigenvalue weighted by molar-refractivity contribution is 0.0764. The average Bonchev–Trinajstić information content (AvgIpc) is 3.04. The largest absolute Gasteiger partial charge is 0.496 e. The van der Waals surface area contributed by atoms with Crippen molar-refractivity contribution in [2.24, 2.45) is 0 Å². The minimum absolute atomic E-state index is 0.143. The van der Waals surface area contributed by atoms with Gasteiger partial charge in [0.25, 0.3) is 5.91 Å². The Hall–Kier alpha value is -1.51. The number of benzene rings is 1. The van der Waals surface area contributed by atoms with E-state index in [1.807, 2.05) is 23.1 Å². The molecular formula is C12H13NO2. The summed E-state index contributed by atoms with van der Waals surface area (Å²) in [6.07, 6.45) is 2.31. The van der Waals surface area contributed by atoms with Crippen LogP contribution in [0.4, 0.5) is 0 Å². The van der Waals surface area contributed by atoms with Crippen LogP contribution in [0.1, 0.15) is 28.8 Å². The Labute approximate surface area is 88.6 Å². The van der Waals surface area contributed by atoms with Crippen LogP contribution in [0, 0.1) is 0 Å². The fraction of sp³-hybridized carbons (Fsp3) is 0.417. The molecule has 3 heteroatoms. The maximum absolute atomic E-state index is 12.1. The van der Waals surface area contributed by atoms with E-state index < -0.39 is 0 Å². The van der Waals surface area contributed by atoms with E-state index in [1.165, 1.54) is 0 Å². The van der Waals surface area contributed by atoms with Crippen molar-refractivity contribution in [2.75, 3.05) is 7.11 Å². The molecule has 1 fully saturated rings. The Morgan fingerprint density at radius 1 is 1.40 bits per heavy atom. The molecule has 1 aliphatic carbocycles. The van der Waals surface area contributed by atoms with Gasteiger partial charge in [0, 0.05) is 12.6 Å².